The number of anilines is 1. The Kier molecular flexibility index (Phi) is 7.07. The van der Waals surface area contributed by atoms with Gasteiger partial charge < -0.3 is 20.1 Å². The van der Waals surface area contributed by atoms with Crippen LogP contribution < -0.4 is 20.1 Å². The molecule has 0 aliphatic carbocycles. The number of fused-ring (bicyclic) bond motifs is 1. The van der Waals surface area contributed by atoms with Gasteiger partial charge in [0.2, 0.25) is 0 Å². The average molecular weight is 517 g/mol. The molecule has 7 heteroatoms. The second-order valence-corrected chi connectivity index (χ2v) is 10.0. The van der Waals surface area contributed by atoms with Gasteiger partial charge >= 0.3 is 0 Å². The number of rotatable bonds is 7. The molecule has 1 atom stereocenters. The fraction of sp³-hybridized carbons (Fsp3) is 0.138. The maximum atomic E-state index is 12.6. The van der Waals surface area contributed by atoms with E-state index >= 15 is 0 Å². The van der Waals surface area contributed by atoms with Gasteiger partial charge in [-0.25, -0.2) is 0 Å². The molecule has 182 valence electrons. The quantitative estimate of drug-likeness (QED) is 0.259. The van der Waals surface area contributed by atoms with Crippen molar-refractivity contribution in [1.82, 2.24) is 5.32 Å². The Morgan fingerprint density at radius 2 is 1.86 bits per heavy atom. The van der Waals surface area contributed by atoms with Crippen molar-refractivity contribution >= 4 is 51.8 Å². The molecule has 1 amide bonds. The molecule has 4 aromatic carbocycles. The van der Waals surface area contributed by atoms with Crippen molar-refractivity contribution in [1.29, 1.82) is 0 Å². The van der Waals surface area contributed by atoms with E-state index in [0.29, 0.717) is 28.0 Å². The number of hydrogen-bond donors (Lipinski definition) is 2. The number of carbonyl (C=O) groups excluding carboxylic acids is 1. The molecule has 2 N–H and O–H groups in total. The van der Waals surface area contributed by atoms with E-state index in [0.717, 1.165) is 22.4 Å². The summed E-state index contributed by atoms with van der Waals surface area (Å²) in [5.74, 6) is 1.13. The van der Waals surface area contributed by atoms with Crippen LogP contribution in [0.2, 0.25) is 5.02 Å². The Labute approximate surface area is 219 Å². The van der Waals surface area contributed by atoms with E-state index in [-0.39, 0.29) is 11.4 Å². The lowest BCUT2D eigenvalue weighted by atomic mass is 10.1. The van der Waals surface area contributed by atoms with Crippen LogP contribution in [0.1, 0.15) is 16.7 Å². The summed E-state index contributed by atoms with van der Waals surface area (Å²) in [5, 5.41) is 9.34. The highest BCUT2D eigenvalue weighted by molar-refractivity contribution is 8.05. The molecule has 0 bridgehead atoms. The van der Waals surface area contributed by atoms with E-state index in [1.165, 1.54) is 22.5 Å². The van der Waals surface area contributed by atoms with E-state index in [9.17, 15) is 4.79 Å². The van der Waals surface area contributed by atoms with Gasteiger partial charge in [-0.1, -0.05) is 71.9 Å². The molecule has 1 saturated heterocycles. The van der Waals surface area contributed by atoms with Crippen molar-refractivity contribution in [2.24, 2.45) is 0 Å². The molecule has 4 aromatic rings. The standard InChI is InChI=1S/C29H25ClN2O3S/c1-18-14-22(30)11-12-24(18)31-29-32-28(33)27(36-29)16-19-10-13-25(26(15-19)34-2)35-17-21-8-5-7-20-6-3-4-9-23(20)21/h3-16,29,31H,17H2,1-2H3,(H,32,33)/b27-16-. The molecule has 0 spiro atoms. The summed E-state index contributed by atoms with van der Waals surface area (Å²) < 4.78 is 11.7. The van der Waals surface area contributed by atoms with E-state index in [1.807, 2.05) is 67.6 Å². The second-order valence-electron chi connectivity index (χ2n) is 8.42. The molecule has 1 aliphatic heterocycles. The van der Waals surface area contributed by atoms with E-state index in [2.05, 4.69) is 34.9 Å². The summed E-state index contributed by atoms with van der Waals surface area (Å²) in [6.07, 6.45) is 1.85. The third-order valence-corrected chi connectivity index (χ3v) is 7.22. The van der Waals surface area contributed by atoms with Gasteiger partial charge in [-0.05, 0) is 70.8 Å². The first-order valence-corrected chi connectivity index (χ1v) is 12.8. The topological polar surface area (TPSA) is 59.6 Å². The zero-order chi connectivity index (χ0) is 25.1. The van der Waals surface area contributed by atoms with Gasteiger partial charge in [-0.3, -0.25) is 4.79 Å². The summed E-state index contributed by atoms with van der Waals surface area (Å²) >= 11 is 7.48. The summed E-state index contributed by atoms with van der Waals surface area (Å²) in [7, 11) is 1.61. The molecule has 5 rings (SSSR count). The highest BCUT2D eigenvalue weighted by Crippen LogP contribution is 2.34. The van der Waals surface area contributed by atoms with Gasteiger partial charge in [0.05, 0.1) is 12.0 Å². The Morgan fingerprint density at radius 3 is 2.69 bits per heavy atom. The number of carbonyl (C=O) groups is 1. The molecule has 1 unspecified atom stereocenters. The van der Waals surface area contributed by atoms with E-state index < -0.39 is 0 Å². The average Bonchev–Trinajstić information content (AvgIpc) is 3.23. The highest BCUT2D eigenvalue weighted by Gasteiger charge is 2.27. The summed E-state index contributed by atoms with van der Waals surface area (Å²) in [5.41, 5.74) is 3.63. The summed E-state index contributed by atoms with van der Waals surface area (Å²) in [6.45, 7) is 2.40. The monoisotopic (exact) mass is 516 g/mol. The maximum Gasteiger partial charge on any atom is 0.260 e. The Morgan fingerprint density at radius 1 is 1.03 bits per heavy atom. The number of ether oxygens (including phenoxy) is 2. The first-order valence-electron chi connectivity index (χ1n) is 11.5. The third kappa shape index (κ3) is 5.30. The van der Waals surface area contributed by atoms with Gasteiger partial charge in [-0.2, -0.15) is 0 Å². The summed E-state index contributed by atoms with van der Waals surface area (Å²) in [4.78, 5) is 13.2. The van der Waals surface area contributed by atoms with Crippen LogP contribution in [0.3, 0.4) is 0 Å². The van der Waals surface area contributed by atoms with E-state index in [1.54, 1.807) is 7.11 Å². The first-order chi connectivity index (χ1) is 17.5. The lowest BCUT2D eigenvalue weighted by Gasteiger charge is -2.15. The van der Waals surface area contributed by atoms with E-state index in [4.69, 9.17) is 21.1 Å². The van der Waals surface area contributed by atoms with Crippen LogP contribution in [-0.2, 0) is 11.4 Å². The van der Waals surface area contributed by atoms with Crippen molar-refractivity contribution in [2.45, 2.75) is 19.0 Å². The lowest BCUT2D eigenvalue weighted by molar-refractivity contribution is -0.116. The van der Waals surface area contributed by atoms with Crippen molar-refractivity contribution in [3.05, 3.63) is 105 Å². The number of methoxy groups -OCH3 is 1. The molecule has 5 nitrogen and oxygen atoms in total. The first kappa shape index (κ1) is 24.1. The van der Waals surface area contributed by atoms with Crippen LogP contribution in [0.5, 0.6) is 11.5 Å². The number of halogens is 1. The van der Waals surface area contributed by atoms with Gasteiger partial charge in [0.15, 0.2) is 17.0 Å². The van der Waals surface area contributed by atoms with Crippen LogP contribution >= 0.6 is 23.4 Å². The molecule has 1 fully saturated rings. The minimum Gasteiger partial charge on any atom is -0.493 e. The smallest absolute Gasteiger partial charge is 0.260 e. The van der Waals surface area contributed by atoms with Crippen LogP contribution in [0.4, 0.5) is 5.69 Å². The number of nitrogens with one attached hydrogen (secondary N) is 2. The normalized spacial score (nSPS) is 16.2. The highest BCUT2D eigenvalue weighted by atomic mass is 35.5. The van der Waals surface area contributed by atoms with Crippen LogP contribution in [0.25, 0.3) is 16.8 Å². The third-order valence-electron chi connectivity index (χ3n) is 5.95. The summed E-state index contributed by atoms with van der Waals surface area (Å²) in [6, 6.07) is 25.7. The second kappa shape index (κ2) is 10.6. The van der Waals surface area contributed by atoms with Crippen molar-refractivity contribution < 1.29 is 14.3 Å². The molecule has 0 saturated carbocycles. The minimum atomic E-state index is -0.270. The van der Waals surface area contributed by atoms with Crippen molar-refractivity contribution in [3.63, 3.8) is 0 Å². The number of amides is 1. The lowest BCUT2D eigenvalue weighted by Crippen LogP contribution is -2.31. The zero-order valence-electron chi connectivity index (χ0n) is 19.9. The van der Waals surface area contributed by atoms with Gasteiger partial charge in [0, 0.05) is 10.7 Å². The van der Waals surface area contributed by atoms with Gasteiger partial charge in [0.1, 0.15) is 6.61 Å². The number of benzene rings is 4. The number of thioether (sulfide) groups is 1. The van der Waals surface area contributed by atoms with Crippen molar-refractivity contribution in [3.8, 4) is 11.5 Å². The van der Waals surface area contributed by atoms with Crippen molar-refractivity contribution in [2.75, 3.05) is 12.4 Å². The Bertz CT molecular complexity index is 1470. The largest absolute Gasteiger partial charge is 0.493 e. The van der Waals surface area contributed by atoms with Gasteiger partial charge in [0.25, 0.3) is 5.91 Å². The molecule has 0 aromatic heterocycles. The van der Waals surface area contributed by atoms with Crippen LogP contribution in [-0.4, -0.2) is 18.5 Å². The number of hydrogen-bond acceptors (Lipinski definition) is 5. The fourth-order valence-electron chi connectivity index (χ4n) is 4.11. The Hall–Kier alpha value is -3.61. The molecular weight excluding hydrogens is 492 g/mol. The molecular formula is C29H25ClN2O3S. The van der Waals surface area contributed by atoms with Gasteiger partial charge in [-0.15, -0.1) is 0 Å². The maximum absolute atomic E-state index is 12.6. The zero-order valence-corrected chi connectivity index (χ0v) is 21.5. The SMILES string of the molecule is COc1cc(/C=C2\SC(Nc3ccc(Cl)cc3C)NC2=O)ccc1OCc1cccc2ccccc12. The molecule has 1 heterocycles. The molecule has 1 aliphatic rings. The predicted molar refractivity (Wildman–Crippen MR) is 149 cm³/mol. The fourth-order valence-corrected chi connectivity index (χ4v) is 5.32. The predicted octanol–water partition coefficient (Wildman–Crippen LogP) is 6.99. The number of aryl methyl sites for hydroxylation is 1. The molecule has 36 heavy (non-hydrogen) atoms. The minimum absolute atomic E-state index is 0.126. The van der Waals surface area contributed by atoms with Crippen LogP contribution in [0, 0.1) is 6.92 Å². The Balaban J connectivity index is 1.29. The van der Waals surface area contributed by atoms with Crippen LogP contribution in [0.15, 0.2) is 83.8 Å². The molecule has 0 radical (unpaired) electrons.